The summed E-state index contributed by atoms with van der Waals surface area (Å²) in [6.45, 7) is 2.50. The Morgan fingerprint density at radius 1 is 1.00 bits per heavy atom. The first-order valence-electron chi connectivity index (χ1n) is 10.4. The summed E-state index contributed by atoms with van der Waals surface area (Å²) in [5, 5.41) is 2.88. The van der Waals surface area contributed by atoms with Gasteiger partial charge in [-0.1, -0.05) is 23.7 Å². The summed E-state index contributed by atoms with van der Waals surface area (Å²) in [4.78, 5) is 33.0. The monoisotopic (exact) mass is 450 g/mol. The van der Waals surface area contributed by atoms with Crippen molar-refractivity contribution in [2.45, 2.75) is 6.42 Å². The van der Waals surface area contributed by atoms with Crippen molar-refractivity contribution in [1.29, 1.82) is 0 Å². The Morgan fingerprint density at radius 3 is 2.50 bits per heavy atom. The average molecular weight is 451 g/mol. The van der Waals surface area contributed by atoms with Crippen LogP contribution in [0, 0.1) is 5.82 Å². The van der Waals surface area contributed by atoms with Gasteiger partial charge in [-0.05, 0) is 47.5 Å². The van der Waals surface area contributed by atoms with Crippen molar-refractivity contribution in [3.63, 3.8) is 0 Å². The normalized spacial score (nSPS) is 15.5. The number of rotatable bonds is 3. The molecule has 3 aromatic rings. The lowest BCUT2D eigenvalue weighted by Crippen LogP contribution is -2.49. The molecule has 2 aromatic carbocycles. The lowest BCUT2D eigenvalue weighted by molar-refractivity contribution is -0.115. The smallest absolute Gasteiger partial charge is 0.254 e. The topological polar surface area (TPSA) is 65.5 Å². The summed E-state index contributed by atoms with van der Waals surface area (Å²) in [5.74, 6) is 0.302. The van der Waals surface area contributed by atoms with Crippen LogP contribution in [0.1, 0.15) is 15.9 Å². The van der Waals surface area contributed by atoms with Crippen molar-refractivity contribution in [2.75, 3.05) is 36.4 Å². The van der Waals surface area contributed by atoms with Crippen LogP contribution in [0.4, 0.5) is 15.9 Å². The Bertz CT molecular complexity index is 1210. The molecule has 1 N–H and O–H groups in total. The van der Waals surface area contributed by atoms with Gasteiger partial charge in [0.15, 0.2) is 0 Å². The standard InChI is InChI=1S/C24H20ClFN4O2/c25-19-11-15(3-5-20(19)26)18-4-6-22(27-14-18)29-7-9-30(10-8-29)24(32)17-2-1-16-13-23(31)28-21(16)12-17/h1-6,11-12,14H,7-10,13H2,(H,28,31). The Morgan fingerprint density at radius 2 is 1.78 bits per heavy atom. The molecule has 162 valence electrons. The van der Waals surface area contributed by atoms with Gasteiger partial charge in [-0.25, -0.2) is 9.37 Å². The van der Waals surface area contributed by atoms with E-state index in [9.17, 15) is 14.0 Å². The highest BCUT2D eigenvalue weighted by molar-refractivity contribution is 6.31. The second kappa shape index (κ2) is 8.24. The first-order chi connectivity index (χ1) is 15.5. The maximum absolute atomic E-state index is 13.4. The van der Waals surface area contributed by atoms with Gasteiger partial charge in [-0.2, -0.15) is 0 Å². The lowest BCUT2D eigenvalue weighted by Gasteiger charge is -2.35. The van der Waals surface area contributed by atoms with Crippen LogP contribution in [-0.4, -0.2) is 47.9 Å². The third-order valence-electron chi connectivity index (χ3n) is 5.87. The molecule has 3 heterocycles. The summed E-state index contributed by atoms with van der Waals surface area (Å²) < 4.78 is 13.4. The van der Waals surface area contributed by atoms with Gasteiger partial charge >= 0.3 is 0 Å². The minimum absolute atomic E-state index is 0.0369. The van der Waals surface area contributed by atoms with Crippen molar-refractivity contribution in [3.8, 4) is 11.1 Å². The van der Waals surface area contributed by atoms with Crippen LogP contribution in [0.2, 0.25) is 5.02 Å². The van der Waals surface area contributed by atoms with Gasteiger partial charge in [0.25, 0.3) is 5.91 Å². The molecule has 2 aliphatic rings. The van der Waals surface area contributed by atoms with Crippen LogP contribution >= 0.6 is 11.6 Å². The first kappa shape index (κ1) is 20.5. The van der Waals surface area contributed by atoms with Crippen LogP contribution < -0.4 is 10.2 Å². The van der Waals surface area contributed by atoms with E-state index in [-0.39, 0.29) is 16.8 Å². The predicted octanol–water partition coefficient (Wildman–Crippen LogP) is 4.00. The Labute approximate surface area is 189 Å². The Kier molecular flexibility index (Phi) is 5.27. The summed E-state index contributed by atoms with van der Waals surface area (Å²) >= 11 is 5.88. The van der Waals surface area contributed by atoms with Crippen molar-refractivity contribution >= 4 is 34.9 Å². The number of hydrogen-bond donors (Lipinski definition) is 1. The first-order valence-corrected chi connectivity index (χ1v) is 10.7. The number of piperazine rings is 1. The highest BCUT2D eigenvalue weighted by Crippen LogP contribution is 2.27. The molecule has 1 saturated heterocycles. The van der Waals surface area contributed by atoms with Crippen LogP contribution in [0.3, 0.4) is 0 Å². The van der Waals surface area contributed by atoms with Gasteiger partial charge in [0.05, 0.1) is 11.4 Å². The van der Waals surface area contributed by atoms with Crippen LogP contribution in [0.5, 0.6) is 0 Å². The number of nitrogens with zero attached hydrogens (tertiary/aromatic N) is 3. The molecular formula is C24H20ClFN4O2. The van der Waals surface area contributed by atoms with Crippen molar-refractivity contribution in [1.82, 2.24) is 9.88 Å². The van der Waals surface area contributed by atoms with Gasteiger partial charge in [-0.3, -0.25) is 9.59 Å². The number of halogens is 2. The maximum Gasteiger partial charge on any atom is 0.254 e. The molecule has 5 rings (SSSR count). The minimum Gasteiger partial charge on any atom is -0.353 e. The number of fused-ring (bicyclic) bond motifs is 1. The number of amides is 2. The highest BCUT2D eigenvalue weighted by atomic mass is 35.5. The summed E-state index contributed by atoms with van der Waals surface area (Å²) in [6, 6.07) is 13.9. The molecule has 0 bridgehead atoms. The fourth-order valence-corrected chi connectivity index (χ4v) is 4.27. The summed E-state index contributed by atoms with van der Waals surface area (Å²) in [6.07, 6.45) is 2.11. The molecular weight excluding hydrogens is 431 g/mol. The number of anilines is 2. The fraction of sp³-hybridized carbons (Fsp3) is 0.208. The quantitative estimate of drug-likeness (QED) is 0.655. The van der Waals surface area contributed by atoms with Crippen molar-refractivity contribution < 1.29 is 14.0 Å². The molecule has 32 heavy (non-hydrogen) atoms. The van der Waals surface area contributed by atoms with E-state index in [0.29, 0.717) is 38.2 Å². The summed E-state index contributed by atoms with van der Waals surface area (Å²) in [7, 11) is 0. The molecule has 0 spiro atoms. The molecule has 0 unspecified atom stereocenters. The molecule has 1 fully saturated rings. The zero-order chi connectivity index (χ0) is 22.2. The number of hydrogen-bond acceptors (Lipinski definition) is 4. The highest BCUT2D eigenvalue weighted by Gasteiger charge is 2.25. The molecule has 0 saturated carbocycles. The molecule has 0 atom stereocenters. The average Bonchev–Trinajstić information content (AvgIpc) is 3.20. The molecule has 2 aliphatic heterocycles. The number of aromatic nitrogens is 1. The van der Waals surface area contributed by atoms with Gasteiger partial charge in [0, 0.05) is 49.2 Å². The third kappa shape index (κ3) is 3.91. The van der Waals surface area contributed by atoms with E-state index in [4.69, 9.17) is 11.6 Å². The van der Waals surface area contributed by atoms with Crippen LogP contribution in [0.25, 0.3) is 11.1 Å². The van der Waals surface area contributed by atoms with Gasteiger partial charge in [0.1, 0.15) is 11.6 Å². The minimum atomic E-state index is -0.447. The van der Waals surface area contributed by atoms with Crippen molar-refractivity contribution in [2.24, 2.45) is 0 Å². The third-order valence-corrected chi connectivity index (χ3v) is 6.16. The van der Waals surface area contributed by atoms with E-state index in [0.717, 1.165) is 28.2 Å². The SMILES string of the molecule is O=C1Cc2ccc(C(=O)N3CCN(c4ccc(-c5ccc(F)c(Cl)c5)cn4)CC3)cc2N1. The van der Waals surface area contributed by atoms with Crippen LogP contribution in [0.15, 0.2) is 54.7 Å². The Balaban J connectivity index is 1.23. The number of benzene rings is 2. The second-order valence-electron chi connectivity index (χ2n) is 7.91. The van der Waals surface area contributed by atoms with E-state index >= 15 is 0 Å². The molecule has 2 amide bonds. The molecule has 0 aliphatic carbocycles. The number of carbonyl (C=O) groups excluding carboxylic acids is 2. The number of nitrogens with one attached hydrogen (secondary N) is 1. The van der Waals surface area contributed by atoms with E-state index in [1.165, 1.54) is 6.07 Å². The largest absolute Gasteiger partial charge is 0.353 e. The van der Waals surface area contributed by atoms with Crippen LogP contribution in [-0.2, 0) is 11.2 Å². The zero-order valence-corrected chi connectivity index (χ0v) is 17.9. The number of pyridine rings is 1. The maximum atomic E-state index is 13.4. The number of carbonyl (C=O) groups is 2. The molecule has 6 nitrogen and oxygen atoms in total. The van der Waals surface area contributed by atoms with E-state index in [1.54, 1.807) is 30.5 Å². The van der Waals surface area contributed by atoms with Crippen molar-refractivity contribution in [3.05, 3.63) is 76.7 Å². The molecule has 8 heteroatoms. The molecule has 0 radical (unpaired) electrons. The summed E-state index contributed by atoms with van der Waals surface area (Å²) in [5.41, 5.74) is 3.89. The van der Waals surface area contributed by atoms with E-state index in [1.807, 2.05) is 23.1 Å². The van der Waals surface area contributed by atoms with E-state index in [2.05, 4.69) is 15.2 Å². The molecule has 1 aromatic heterocycles. The second-order valence-corrected chi connectivity index (χ2v) is 8.32. The zero-order valence-electron chi connectivity index (χ0n) is 17.1. The predicted molar refractivity (Wildman–Crippen MR) is 122 cm³/mol. The van der Waals surface area contributed by atoms with E-state index < -0.39 is 5.82 Å². The van der Waals surface area contributed by atoms with Gasteiger partial charge < -0.3 is 15.1 Å². The van der Waals surface area contributed by atoms with Gasteiger partial charge in [-0.15, -0.1) is 0 Å². The van der Waals surface area contributed by atoms with Gasteiger partial charge in [0.2, 0.25) is 5.91 Å². The lowest BCUT2D eigenvalue weighted by atomic mass is 10.1. The fourth-order valence-electron chi connectivity index (χ4n) is 4.09. The Hall–Kier alpha value is -3.45.